The first-order valence-electron chi connectivity index (χ1n) is 13.7. The van der Waals surface area contributed by atoms with Crippen LogP contribution in [0.3, 0.4) is 0 Å². The molecule has 0 aliphatic carbocycles. The number of amides is 4. The number of carbonyl (C=O) groups excluding carboxylic acids is 4. The normalized spacial score (nSPS) is 14.0. The Morgan fingerprint density at radius 1 is 0.810 bits per heavy atom. The molecule has 0 spiro atoms. The van der Waals surface area contributed by atoms with Crippen LogP contribution in [0.5, 0.6) is 0 Å². The highest BCUT2D eigenvalue weighted by Gasteiger charge is 2.31. The van der Waals surface area contributed by atoms with Gasteiger partial charge >= 0.3 is 5.97 Å². The van der Waals surface area contributed by atoms with E-state index >= 15 is 0 Å². The van der Waals surface area contributed by atoms with Crippen molar-refractivity contribution in [2.45, 2.75) is 63.7 Å². The second-order valence-electron chi connectivity index (χ2n) is 10.7. The lowest BCUT2D eigenvalue weighted by molar-refractivity contribution is -0.143. The van der Waals surface area contributed by atoms with Gasteiger partial charge in [-0.2, -0.15) is 0 Å². The monoisotopic (exact) mass is 578 g/mol. The zero-order chi connectivity index (χ0) is 30.8. The van der Waals surface area contributed by atoms with Crippen molar-refractivity contribution in [1.82, 2.24) is 20.9 Å². The molecule has 0 aliphatic heterocycles. The molecule has 0 aliphatic rings. The first kappa shape index (κ1) is 31.8. The fourth-order valence-corrected chi connectivity index (χ4v) is 4.62. The standard InChI is InChI=1S/C30H38N6O6/c1-17(2)12-23(28(39)36-25(30(41)42)15-26(32)37)35-29(40)24(13-18-8-4-3-5-9-18)34-27(38)21(31)14-19-16-33-22-11-7-6-10-20(19)22/h3-11,16-17,21,23-25,33H,12-15,31H2,1-2H3,(H2,32,37)(H,34,38)(H,35,40)(H,36,39)(H,41,42). The Morgan fingerprint density at radius 2 is 1.40 bits per heavy atom. The quantitative estimate of drug-likeness (QED) is 0.137. The molecule has 9 N–H and O–H groups in total. The topological polar surface area (TPSA) is 209 Å². The number of H-pyrrole nitrogens is 1. The average Bonchev–Trinajstić information content (AvgIpc) is 3.34. The molecule has 0 saturated carbocycles. The van der Waals surface area contributed by atoms with E-state index in [-0.39, 0.29) is 25.2 Å². The minimum atomic E-state index is -1.55. The van der Waals surface area contributed by atoms with Crippen LogP contribution in [0.1, 0.15) is 37.8 Å². The summed E-state index contributed by atoms with van der Waals surface area (Å²) >= 11 is 0. The minimum absolute atomic E-state index is 0.0628. The van der Waals surface area contributed by atoms with E-state index < -0.39 is 60.2 Å². The van der Waals surface area contributed by atoms with E-state index in [2.05, 4.69) is 20.9 Å². The number of nitrogens with one attached hydrogen (secondary N) is 4. The maximum absolute atomic E-state index is 13.5. The summed E-state index contributed by atoms with van der Waals surface area (Å²) in [4.78, 5) is 65.8. The van der Waals surface area contributed by atoms with E-state index in [9.17, 15) is 29.1 Å². The van der Waals surface area contributed by atoms with E-state index in [0.29, 0.717) is 0 Å². The van der Waals surface area contributed by atoms with Gasteiger partial charge in [0.2, 0.25) is 23.6 Å². The second kappa shape index (κ2) is 14.8. The lowest BCUT2D eigenvalue weighted by atomic mass is 10.00. The summed E-state index contributed by atoms with van der Waals surface area (Å²) in [5.41, 5.74) is 13.9. The van der Waals surface area contributed by atoms with Crippen molar-refractivity contribution in [3.63, 3.8) is 0 Å². The highest BCUT2D eigenvalue weighted by atomic mass is 16.4. The van der Waals surface area contributed by atoms with Gasteiger partial charge in [-0.05, 0) is 36.0 Å². The number of benzene rings is 2. The zero-order valence-electron chi connectivity index (χ0n) is 23.6. The van der Waals surface area contributed by atoms with Gasteiger partial charge < -0.3 is 37.5 Å². The van der Waals surface area contributed by atoms with E-state index in [1.807, 2.05) is 44.2 Å². The molecule has 4 amide bonds. The first-order valence-corrected chi connectivity index (χ1v) is 13.7. The Balaban J connectivity index is 1.77. The number of carboxylic acid groups (broad SMARTS) is 1. The predicted molar refractivity (Wildman–Crippen MR) is 157 cm³/mol. The van der Waals surface area contributed by atoms with Crippen molar-refractivity contribution < 1.29 is 29.1 Å². The molecule has 224 valence electrons. The van der Waals surface area contributed by atoms with E-state index in [1.54, 1.807) is 30.5 Å². The molecule has 42 heavy (non-hydrogen) atoms. The van der Waals surface area contributed by atoms with Gasteiger partial charge in [0.1, 0.15) is 18.1 Å². The summed E-state index contributed by atoms with van der Waals surface area (Å²) in [6, 6.07) is 11.9. The largest absolute Gasteiger partial charge is 0.480 e. The van der Waals surface area contributed by atoms with E-state index in [1.165, 1.54) is 0 Å². The van der Waals surface area contributed by atoms with Gasteiger partial charge in [0, 0.05) is 23.5 Å². The molecule has 1 aromatic heterocycles. The lowest BCUT2D eigenvalue weighted by Crippen LogP contribution is -2.58. The molecule has 4 unspecified atom stereocenters. The van der Waals surface area contributed by atoms with Crippen LogP contribution in [0.4, 0.5) is 0 Å². The number of rotatable bonds is 15. The van der Waals surface area contributed by atoms with Crippen LogP contribution < -0.4 is 27.4 Å². The third-order valence-corrected chi connectivity index (χ3v) is 6.73. The fraction of sp³-hybridized carbons (Fsp3) is 0.367. The average molecular weight is 579 g/mol. The van der Waals surface area contributed by atoms with Crippen molar-refractivity contribution in [1.29, 1.82) is 0 Å². The predicted octanol–water partition coefficient (Wildman–Crippen LogP) is 0.741. The van der Waals surface area contributed by atoms with Gasteiger partial charge in [0.15, 0.2) is 0 Å². The molecule has 12 nitrogen and oxygen atoms in total. The summed E-state index contributed by atoms with van der Waals surface area (Å²) in [5, 5.41) is 18.0. The minimum Gasteiger partial charge on any atom is -0.480 e. The summed E-state index contributed by atoms with van der Waals surface area (Å²) in [6.45, 7) is 3.66. The summed E-state index contributed by atoms with van der Waals surface area (Å²) in [5.74, 6) is -4.38. The number of fused-ring (bicyclic) bond motifs is 1. The van der Waals surface area contributed by atoms with Crippen molar-refractivity contribution in [3.8, 4) is 0 Å². The number of aliphatic carboxylic acids is 1. The maximum atomic E-state index is 13.5. The number of para-hydroxylation sites is 1. The number of carboxylic acids is 1. The molecule has 0 radical (unpaired) electrons. The maximum Gasteiger partial charge on any atom is 0.326 e. The number of nitrogens with two attached hydrogens (primary N) is 2. The Kier molecular flexibility index (Phi) is 11.2. The molecule has 0 bridgehead atoms. The summed E-state index contributed by atoms with van der Waals surface area (Å²) in [7, 11) is 0. The number of hydrogen-bond donors (Lipinski definition) is 7. The fourth-order valence-electron chi connectivity index (χ4n) is 4.62. The molecule has 3 rings (SSSR count). The van der Waals surface area contributed by atoms with Gasteiger partial charge in [0.25, 0.3) is 0 Å². The Labute approximate surface area is 243 Å². The number of aromatic amines is 1. The Hall–Kier alpha value is -4.71. The molecular weight excluding hydrogens is 540 g/mol. The van der Waals surface area contributed by atoms with Gasteiger partial charge in [0.05, 0.1) is 12.5 Å². The number of primary amides is 1. The lowest BCUT2D eigenvalue weighted by Gasteiger charge is -2.26. The summed E-state index contributed by atoms with van der Waals surface area (Å²) in [6.07, 6.45) is 1.71. The molecule has 0 fully saturated rings. The van der Waals surface area contributed by atoms with Crippen molar-refractivity contribution in [2.75, 3.05) is 0 Å². The van der Waals surface area contributed by atoms with Crippen LogP contribution >= 0.6 is 0 Å². The molecule has 3 aromatic rings. The molecule has 4 atom stereocenters. The van der Waals surface area contributed by atoms with Crippen molar-refractivity contribution in [3.05, 3.63) is 71.9 Å². The SMILES string of the molecule is CC(C)CC(NC(=O)C(Cc1ccccc1)NC(=O)C(N)Cc1c[nH]c2ccccc12)C(=O)NC(CC(N)=O)C(=O)O. The molecule has 1 heterocycles. The number of aromatic nitrogens is 1. The van der Waals surface area contributed by atoms with Crippen LogP contribution in [-0.2, 0) is 36.8 Å². The summed E-state index contributed by atoms with van der Waals surface area (Å²) < 4.78 is 0. The smallest absolute Gasteiger partial charge is 0.326 e. The molecule has 0 saturated heterocycles. The van der Waals surface area contributed by atoms with Gasteiger partial charge in [-0.3, -0.25) is 19.2 Å². The number of hydrogen-bond acceptors (Lipinski definition) is 6. The van der Waals surface area contributed by atoms with Crippen LogP contribution in [0.15, 0.2) is 60.8 Å². The zero-order valence-corrected chi connectivity index (χ0v) is 23.6. The van der Waals surface area contributed by atoms with Crippen LogP contribution in [0.25, 0.3) is 10.9 Å². The molecule has 2 aromatic carbocycles. The third kappa shape index (κ3) is 9.16. The van der Waals surface area contributed by atoms with Gasteiger partial charge in [-0.25, -0.2) is 4.79 Å². The van der Waals surface area contributed by atoms with Gasteiger partial charge in [-0.15, -0.1) is 0 Å². The highest BCUT2D eigenvalue weighted by Crippen LogP contribution is 2.19. The van der Waals surface area contributed by atoms with Crippen molar-refractivity contribution in [2.24, 2.45) is 17.4 Å². The Bertz CT molecular complexity index is 1410. The molecular formula is C30H38N6O6. The van der Waals surface area contributed by atoms with Crippen LogP contribution in [-0.4, -0.2) is 63.9 Å². The second-order valence-corrected chi connectivity index (χ2v) is 10.7. The Morgan fingerprint density at radius 3 is 2.05 bits per heavy atom. The van der Waals surface area contributed by atoms with Crippen LogP contribution in [0.2, 0.25) is 0 Å². The number of carbonyl (C=O) groups is 5. The first-order chi connectivity index (χ1) is 19.9. The van der Waals surface area contributed by atoms with Gasteiger partial charge in [-0.1, -0.05) is 62.4 Å². The van der Waals surface area contributed by atoms with Crippen LogP contribution in [0, 0.1) is 5.92 Å². The van der Waals surface area contributed by atoms with E-state index in [4.69, 9.17) is 11.5 Å². The molecule has 12 heteroatoms. The van der Waals surface area contributed by atoms with Crippen molar-refractivity contribution >= 4 is 40.5 Å². The van der Waals surface area contributed by atoms with E-state index in [0.717, 1.165) is 22.0 Å². The highest BCUT2D eigenvalue weighted by molar-refractivity contribution is 5.95. The third-order valence-electron chi connectivity index (χ3n) is 6.73.